The lowest BCUT2D eigenvalue weighted by Gasteiger charge is -2.06. The lowest BCUT2D eigenvalue weighted by atomic mass is 10.1. The van der Waals surface area contributed by atoms with Gasteiger partial charge in [0.2, 0.25) is 5.95 Å². The molecule has 0 spiro atoms. The van der Waals surface area contributed by atoms with Crippen LogP contribution in [0.3, 0.4) is 0 Å². The Kier molecular flexibility index (Phi) is 3.54. The van der Waals surface area contributed by atoms with Gasteiger partial charge in [-0.25, -0.2) is 9.97 Å². The molecule has 1 N–H and O–H groups in total. The summed E-state index contributed by atoms with van der Waals surface area (Å²) in [6, 6.07) is 12.1. The van der Waals surface area contributed by atoms with Crippen LogP contribution in [0.1, 0.15) is 13.3 Å². The van der Waals surface area contributed by atoms with E-state index < -0.39 is 0 Å². The highest BCUT2D eigenvalue weighted by Crippen LogP contribution is 2.22. The zero-order chi connectivity index (χ0) is 13.8. The highest BCUT2D eigenvalue weighted by molar-refractivity contribution is 5.83. The molecule has 0 saturated heterocycles. The second-order valence-electron chi connectivity index (χ2n) is 4.60. The first-order chi connectivity index (χ1) is 9.86. The van der Waals surface area contributed by atoms with Crippen molar-refractivity contribution in [3.05, 3.63) is 48.8 Å². The summed E-state index contributed by atoms with van der Waals surface area (Å²) in [6.45, 7) is 3.00. The Bertz CT molecular complexity index is 724. The molecule has 0 unspecified atom stereocenters. The van der Waals surface area contributed by atoms with E-state index >= 15 is 0 Å². The second kappa shape index (κ2) is 5.65. The Balaban J connectivity index is 1.97. The SMILES string of the molecule is CCCNc1nccc(-c2ccc3ncccc3c2)n1. The molecule has 3 rings (SSSR count). The first-order valence-corrected chi connectivity index (χ1v) is 6.79. The van der Waals surface area contributed by atoms with Gasteiger partial charge in [0.15, 0.2) is 0 Å². The quantitative estimate of drug-likeness (QED) is 0.783. The van der Waals surface area contributed by atoms with E-state index in [0.717, 1.165) is 35.1 Å². The van der Waals surface area contributed by atoms with Crippen molar-refractivity contribution >= 4 is 16.9 Å². The third-order valence-electron chi connectivity index (χ3n) is 3.09. The molecule has 3 aromatic rings. The van der Waals surface area contributed by atoms with Crippen LogP contribution >= 0.6 is 0 Å². The molecule has 20 heavy (non-hydrogen) atoms. The van der Waals surface area contributed by atoms with E-state index in [2.05, 4.69) is 39.3 Å². The number of hydrogen-bond acceptors (Lipinski definition) is 4. The van der Waals surface area contributed by atoms with Gasteiger partial charge in [-0.15, -0.1) is 0 Å². The second-order valence-corrected chi connectivity index (χ2v) is 4.60. The van der Waals surface area contributed by atoms with Crippen molar-refractivity contribution in [3.8, 4) is 11.3 Å². The third kappa shape index (κ3) is 2.59. The molecule has 0 aliphatic heterocycles. The molecule has 1 aromatic carbocycles. The summed E-state index contributed by atoms with van der Waals surface area (Å²) in [4.78, 5) is 13.1. The van der Waals surface area contributed by atoms with Gasteiger partial charge in [-0.05, 0) is 30.7 Å². The van der Waals surface area contributed by atoms with Crippen LogP contribution in [0.2, 0.25) is 0 Å². The van der Waals surface area contributed by atoms with Crippen molar-refractivity contribution in [3.63, 3.8) is 0 Å². The smallest absolute Gasteiger partial charge is 0.223 e. The van der Waals surface area contributed by atoms with Crippen molar-refractivity contribution < 1.29 is 0 Å². The van der Waals surface area contributed by atoms with E-state index in [4.69, 9.17) is 0 Å². The Morgan fingerprint density at radius 3 is 2.90 bits per heavy atom. The van der Waals surface area contributed by atoms with Crippen molar-refractivity contribution in [2.45, 2.75) is 13.3 Å². The number of nitrogens with zero attached hydrogens (tertiary/aromatic N) is 3. The zero-order valence-corrected chi connectivity index (χ0v) is 11.4. The number of fused-ring (bicyclic) bond motifs is 1. The lowest BCUT2D eigenvalue weighted by molar-refractivity contribution is 0.953. The molecular formula is C16H16N4. The van der Waals surface area contributed by atoms with Crippen molar-refractivity contribution in [1.29, 1.82) is 0 Å². The Labute approximate surface area is 117 Å². The van der Waals surface area contributed by atoms with Crippen molar-refractivity contribution in [2.24, 2.45) is 0 Å². The fraction of sp³-hybridized carbons (Fsp3) is 0.188. The molecular weight excluding hydrogens is 248 g/mol. The summed E-state index contributed by atoms with van der Waals surface area (Å²) in [5.74, 6) is 0.677. The molecule has 2 aromatic heterocycles. The number of hydrogen-bond donors (Lipinski definition) is 1. The first kappa shape index (κ1) is 12.5. The summed E-state index contributed by atoms with van der Waals surface area (Å²) in [6.07, 6.45) is 4.64. The minimum atomic E-state index is 0.677. The Hall–Kier alpha value is -2.49. The minimum Gasteiger partial charge on any atom is -0.354 e. The summed E-state index contributed by atoms with van der Waals surface area (Å²) in [5.41, 5.74) is 2.99. The van der Waals surface area contributed by atoms with E-state index in [1.807, 2.05) is 24.3 Å². The van der Waals surface area contributed by atoms with Crippen LogP contribution in [0.4, 0.5) is 5.95 Å². The maximum absolute atomic E-state index is 4.54. The van der Waals surface area contributed by atoms with Crippen molar-refractivity contribution in [2.75, 3.05) is 11.9 Å². The molecule has 0 atom stereocenters. The van der Waals surface area contributed by atoms with E-state index in [1.165, 1.54) is 0 Å². The Morgan fingerprint density at radius 2 is 2.00 bits per heavy atom. The van der Waals surface area contributed by atoms with Crippen LogP contribution in [-0.4, -0.2) is 21.5 Å². The first-order valence-electron chi connectivity index (χ1n) is 6.79. The summed E-state index contributed by atoms with van der Waals surface area (Å²) >= 11 is 0. The van der Waals surface area contributed by atoms with Crippen LogP contribution in [-0.2, 0) is 0 Å². The number of anilines is 1. The molecule has 100 valence electrons. The van der Waals surface area contributed by atoms with Gasteiger partial charge in [0.05, 0.1) is 11.2 Å². The molecule has 0 aliphatic rings. The van der Waals surface area contributed by atoms with Gasteiger partial charge in [-0.1, -0.05) is 19.1 Å². The maximum atomic E-state index is 4.54. The summed E-state index contributed by atoms with van der Waals surface area (Å²) < 4.78 is 0. The topological polar surface area (TPSA) is 50.7 Å². The van der Waals surface area contributed by atoms with Gasteiger partial charge >= 0.3 is 0 Å². The largest absolute Gasteiger partial charge is 0.354 e. The summed E-state index contributed by atoms with van der Waals surface area (Å²) in [5, 5.41) is 4.32. The van der Waals surface area contributed by atoms with Gasteiger partial charge in [0, 0.05) is 29.9 Å². The van der Waals surface area contributed by atoms with E-state index in [0.29, 0.717) is 5.95 Å². The van der Waals surface area contributed by atoms with Crippen LogP contribution in [0.5, 0.6) is 0 Å². The number of nitrogens with one attached hydrogen (secondary N) is 1. The third-order valence-corrected chi connectivity index (χ3v) is 3.09. The molecule has 0 radical (unpaired) electrons. The normalized spacial score (nSPS) is 10.7. The van der Waals surface area contributed by atoms with Gasteiger partial charge in [0.25, 0.3) is 0 Å². The highest BCUT2D eigenvalue weighted by atomic mass is 15.1. The zero-order valence-electron chi connectivity index (χ0n) is 11.4. The fourth-order valence-electron chi connectivity index (χ4n) is 2.08. The standard InChI is InChI=1S/C16H16N4/c1-2-8-18-16-19-10-7-15(20-16)13-5-6-14-12(11-13)4-3-9-17-14/h3-7,9-11H,2,8H2,1H3,(H,18,19,20). The average Bonchev–Trinajstić information content (AvgIpc) is 2.53. The van der Waals surface area contributed by atoms with Gasteiger partial charge in [-0.3, -0.25) is 4.98 Å². The van der Waals surface area contributed by atoms with E-state index in [-0.39, 0.29) is 0 Å². The predicted molar refractivity (Wildman–Crippen MR) is 81.5 cm³/mol. The van der Waals surface area contributed by atoms with Crippen LogP contribution < -0.4 is 5.32 Å². The highest BCUT2D eigenvalue weighted by Gasteiger charge is 2.03. The molecule has 4 nitrogen and oxygen atoms in total. The molecule has 2 heterocycles. The minimum absolute atomic E-state index is 0.677. The number of rotatable bonds is 4. The van der Waals surface area contributed by atoms with E-state index in [9.17, 15) is 0 Å². The van der Waals surface area contributed by atoms with E-state index in [1.54, 1.807) is 12.4 Å². The van der Waals surface area contributed by atoms with Crippen LogP contribution in [0.15, 0.2) is 48.8 Å². The molecule has 0 bridgehead atoms. The Morgan fingerprint density at radius 1 is 1.05 bits per heavy atom. The van der Waals surface area contributed by atoms with Crippen LogP contribution in [0.25, 0.3) is 22.2 Å². The molecule has 4 heteroatoms. The lowest BCUT2D eigenvalue weighted by Crippen LogP contribution is -2.04. The van der Waals surface area contributed by atoms with Gasteiger partial charge < -0.3 is 5.32 Å². The molecule has 0 aliphatic carbocycles. The summed E-state index contributed by atoms with van der Waals surface area (Å²) in [7, 11) is 0. The fourth-order valence-corrected chi connectivity index (χ4v) is 2.08. The van der Waals surface area contributed by atoms with Gasteiger partial charge in [-0.2, -0.15) is 0 Å². The molecule has 0 fully saturated rings. The number of benzene rings is 1. The number of aromatic nitrogens is 3. The van der Waals surface area contributed by atoms with Crippen molar-refractivity contribution in [1.82, 2.24) is 15.0 Å². The van der Waals surface area contributed by atoms with Crippen LogP contribution in [0, 0.1) is 0 Å². The number of pyridine rings is 1. The molecule has 0 amide bonds. The van der Waals surface area contributed by atoms with Gasteiger partial charge in [0.1, 0.15) is 0 Å². The monoisotopic (exact) mass is 264 g/mol. The maximum Gasteiger partial charge on any atom is 0.223 e. The predicted octanol–water partition coefficient (Wildman–Crippen LogP) is 3.51. The average molecular weight is 264 g/mol. The molecule has 0 saturated carbocycles.